The predicted octanol–water partition coefficient (Wildman–Crippen LogP) is 4.15. The van der Waals surface area contributed by atoms with Crippen LogP contribution in [0, 0.1) is 17.7 Å². The number of rotatable bonds is 8. The minimum absolute atomic E-state index is 0.0849. The zero-order chi connectivity index (χ0) is 20.2. The Kier molecular flexibility index (Phi) is 7.08. The van der Waals surface area contributed by atoms with Gasteiger partial charge in [-0.05, 0) is 30.2 Å². The van der Waals surface area contributed by atoms with Gasteiger partial charge in [0.1, 0.15) is 5.82 Å². The van der Waals surface area contributed by atoms with Crippen LogP contribution in [0.5, 0.6) is 0 Å². The van der Waals surface area contributed by atoms with Crippen LogP contribution in [0.3, 0.4) is 0 Å². The maximum atomic E-state index is 13.8. The van der Waals surface area contributed by atoms with Gasteiger partial charge in [0.15, 0.2) is 0 Å². The highest BCUT2D eigenvalue weighted by atomic mass is 19.4. The number of alkyl halides is 3. The Hall–Kier alpha value is -1.83. The molecule has 1 N–H and O–H groups in total. The number of hydrogen-bond donors (Lipinski definition) is 1. The highest BCUT2D eigenvalue weighted by molar-refractivity contribution is 5.71. The number of halogens is 4. The SMILES string of the molecule is CCCCCN(C)c1ccc(F)cc1CN1C[C@@H](C(F)(F)F)[C@H](C(=O)O)C1. The molecule has 8 heteroatoms. The van der Waals surface area contributed by atoms with E-state index in [0.717, 1.165) is 31.5 Å². The molecule has 0 bridgehead atoms. The summed E-state index contributed by atoms with van der Waals surface area (Å²) < 4.78 is 53.3. The fraction of sp³-hybridized carbons (Fsp3) is 0.632. The molecule has 152 valence electrons. The first-order valence-electron chi connectivity index (χ1n) is 9.15. The molecule has 0 aromatic heterocycles. The summed E-state index contributed by atoms with van der Waals surface area (Å²) in [6.07, 6.45) is -1.49. The van der Waals surface area contributed by atoms with Crippen molar-refractivity contribution in [1.29, 1.82) is 0 Å². The van der Waals surface area contributed by atoms with Gasteiger partial charge in [-0.25, -0.2) is 4.39 Å². The van der Waals surface area contributed by atoms with Crippen molar-refractivity contribution in [3.63, 3.8) is 0 Å². The third-order valence-electron chi connectivity index (χ3n) is 5.08. The summed E-state index contributed by atoms with van der Waals surface area (Å²) in [7, 11) is 1.87. The van der Waals surface area contributed by atoms with E-state index in [1.807, 2.05) is 11.9 Å². The van der Waals surface area contributed by atoms with E-state index < -0.39 is 36.3 Å². The Balaban J connectivity index is 2.17. The molecule has 1 aliphatic heterocycles. The molecule has 1 aromatic carbocycles. The molecule has 1 aromatic rings. The summed E-state index contributed by atoms with van der Waals surface area (Å²) >= 11 is 0. The molecule has 2 atom stereocenters. The van der Waals surface area contributed by atoms with Crippen LogP contribution in [0.1, 0.15) is 31.7 Å². The van der Waals surface area contributed by atoms with E-state index in [-0.39, 0.29) is 13.1 Å². The van der Waals surface area contributed by atoms with E-state index in [2.05, 4.69) is 6.92 Å². The van der Waals surface area contributed by atoms with Gasteiger partial charge in [-0.1, -0.05) is 19.8 Å². The smallest absolute Gasteiger partial charge is 0.393 e. The predicted molar refractivity (Wildman–Crippen MR) is 95.1 cm³/mol. The van der Waals surface area contributed by atoms with Gasteiger partial charge in [-0.15, -0.1) is 0 Å². The monoisotopic (exact) mass is 390 g/mol. The summed E-state index contributed by atoms with van der Waals surface area (Å²) in [5.74, 6) is -5.31. The summed E-state index contributed by atoms with van der Waals surface area (Å²) in [5, 5.41) is 9.14. The fourth-order valence-electron chi connectivity index (χ4n) is 3.61. The van der Waals surface area contributed by atoms with Crippen molar-refractivity contribution in [1.82, 2.24) is 4.90 Å². The van der Waals surface area contributed by atoms with Crippen molar-refractivity contribution in [3.8, 4) is 0 Å². The zero-order valence-electron chi connectivity index (χ0n) is 15.6. The summed E-state index contributed by atoms with van der Waals surface area (Å²) in [5.41, 5.74) is 1.33. The molecule has 4 nitrogen and oxygen atoms in total. The van der Waals surface area contributed by atoms with Gasteiger partial charge < -0.3 is 10.0 Å². The van der Waals surface area contributed by atoms with Crippen LogP contribution in [-0.2, 0) is 11.3 Å². The van der Waals surface area contributed by atoms with Crippen molar-refractivity contribution in [3.05, 3.63) is 29.6 Å². The third-order valence-corrected chi connectivity index (χ3v) is 5.08. The quantitative estimate of drug-likeness (QED) is 0.535. The van der Waals surface area contributed by atoms with Crippen LogP contribution < -0.4 is 4.90 Å². The largest absolute Gasteiger partial charge is 0.481 e. The van der Waals surface area contributed by atoms with E-state index in [1.165, 1.54) is 17.0 Å². The van der Waals surface area contributed by atoms with Crippen molar-refractivity contribution >= 4 is 11.7 Å². The first-order chi connectivity index (χ1) is 12.6. The van der Waals surface area contributed by atoms with Gasteiger partial charge in [-0.3, -0.25) is 9.69 Å². The lowest BCUT2D eigenvalue weighted by Crippen LogP contribution is -2.33. The molecule has 0 spiro atoms. The van der Waals surface area contributed by atoms with E-state index in [1.54, 1.807) is 6.07 Å². The van der Waals surface area contributed by atoms with E-state index >= 15 is 0 Å². The highest BCUT2D eigenvalue weighted by Crippen LogP contribution is 2.38. The summed E-state index contributed by atoms with van der Waals surface area (Å²) in [6, 6.07) is 4.28. The molecule has 1 saturated heterocycles. The normalized spacial score (nSPS) is 20.8. The van der Waals surface area contributed by atoms with Gasteiger partial charge >= 0.3 is 12.1 Å². The second-order valence-electron chi connectivity index (χ2n) is 7.19. The Morgan fingerprint density at radius 2 is 2.00 bits per heavy atom. The number of unbranched alkanes of at least 4 members (excludes halogenated alkanes) is 2. The topological polar surface area (TPSA) is 43.8 Å². The second-order valence-corrected chi connectivity index (χ2v) is 7.19. The minimum Gasteiger partial charge on any atom is -0.481 e. The lowest BCUT2D eigenvalue weighted by Gasteiger charge is -2.25. The van der Waals surface area contributed by atoms with Gasteiger partial charge in [-0.2, -0.15) is 13.2 Å². The molecule has 1 heterocycles. The van der Waals surface area contributed by atoms with Crippen molar-refractivity contribution in [2.75, 3.05) is 31.6 Å². The van der Waals surface area contributed by atoms with Gasteiger partial charge in [0.25, 0.3) is 0 Å². The second kappa shape index (κ2) is 8.91. The van der Waals surface area contributed by atoms with Crippen molar-refractivity contribution in [2.24, 2.45) is 11.8 Å². The number of anilines is 1. The van der Waals surface area contributed by atoms with Gasteiger partial charge in [0, 0.05) is 38.9 Å². The van der Waals surface area contributed by atoms with Crippen LogP contribution >= 0.6 is 0 Å². The number of carbonyl (C=O) groups is 1. The average molecular weight is 390 g/mol. The highest BCUT2D eigenvalue weighted by Gasteiger charge is 2.52. The number of carboxylic acids is 1. The fourth-order valence-corrected chi connectivity index (χ4v) is 3.61. The molecule has 1 aliphatic rings. The Morgan fingerprint density at radius 3 is 2.56 bits per heavy atom. The van der Waals surface area contributed by atoms with Crippen molar-refractivity contribution < 1.29 is 27.5 Å². The first kappa shape index (κ1) is 21.5. The lowest BCUT2D eigenvalue weighted by molar-refractivity contribution is -0.188. The third kappa shape index (κ3) is 5.57. The molecule has 0 unspecified atom stereocenters. The van der Waals surface area contributed by atoms with Crippen LogP contribution in [-0.4, -0.2) is 48.8 Å². The summed E-state index contributed by atoms with van der Waals surface area (Å²) in [6.45, 7) is 2.34. The zero-order valence-corrected chi connectivity index (χ0v) is 15.6. The number of hydrogen-bond acceptors (Lipinski definition) is 3. The molecule has 0 aliphatic carbocycles. The van der Waals surface area contributed by atoms with Crippen LogP contribution in [0.15, 0.2) is 18.2 Å². The van der Waals surface area contributed by atoms with E-state index in [4.69, 9.17) is 5.11 Å². The summed E-state index contributed by atoms with van der Waals surface area (Å²) in [4.78, 5) is 14.7. The Bertz CT molecular complexity index is 651. The maximum absolute atomic E-state index is 13.8. The number of nitrogens with zero attached hydrogens (tertiary/aromatic N) is 2. The molecule has 27 heavy (non-hydrogen) atoms. The number of aliphatic carboxylic acids is 1. The van der Waals surface area contributed by atoms with Crippen LogP contribution in [0.2, 0.25) is 0 Å². The molecule has 2 rings (SSSR count). The molecular formula is C19H26F4N2O2. The molecule has 0 saturated carbocycles. The number of likely N-dealkylation sites (tertiary alicyclic amines) is 1. The van der Waals surface area contributed by atoms with Crippen LogP contribution in [0.25, 0.3) is 0 Å². The standard InChI is InChI=1S/C19H26F4N2O2/c1-3-4-5-8-24(2)17-7-6-14(20)9-13(17)10-25-11-15(18(26)27)16(12-25)19(21,22)23/h6-7,9,15-16H,3-5,8,10-12H2,1-2H3,(H,26,27)/t15-,16-/m1/s1. The van der Waals surface area contributed by atoms with Crippen molar-refractivity contribution in [2.45, 2.75) is 38.9 Å². The van der Waals surface area contributed by atoms with Crippen LogP contribution in [0.4, 0.5) is 23.2 Å². The van der Waals surface area contributed by atoms with Gasteiger partial charge in [0.2, 0.25) is 0 Å². The molecular weight excluding hydrogens is 364 g/mol. The van der Waals surface area contributed by atoms with E-state index in [0.29, 0.717) is 5.56 Å². The minimum atomic E-state index is -4.57. The Morgan fingerprint density at radius 1 is 1.30 bits per heavy atom. The van der Waals surface area contributed by atoms with E-state index in [9.17, 15) is 22.4 Å². The molecule has 0 amide bonds. The average Bonchev–Trinajstić information content (AvgIpc) is 2.99. The lowest BCUT2D eigenvalue weighted by atomic mass is 9.96. The first-order valence-corrected chi connectivity index (χ1v) is 9.15. The maximum Gasteiger partial charge on any atom is 0.393 e. The number of carboxylic acid groups (broad SMARTS) is 1. The van der Waals surface area contributed by atoms with Gasteiger partial charge in [0.05, 0.1) is 11.8 Å². The number of benzene rings is 1. The molecule has 1 fully saturated rings. The molecule has 0 radical (unpaired) electrons. The Labute approximate surface area is 156 Å².